The molecule has 0 spiro atoms. The van der Waals surface area contributed by atoms with Crippen molar-refractivity contribution in [2.24, 2.45) is 5.73 Å². The Morgan fingerprint density at radius 3 is 1.09 bits per heavy atom. The van der Waals surface area contributed by atoms with Crippen LogP contribution in [0.5, 0.6) is 0 Å². The Labute approximate surface area is 196 Å². The predicted octanol–water partition coefficient (Wildman–Crippen LogP) is 5.43. The SMILES string of the molecule is NCc1ccc(-c2ccc([P+](c3ccccc3)(c3ccccc3)c3ccccc3)cc2)cc1. The first-order valence-corrected chi connectivity index (χ1v) is 13.1. The number of benzene rings is 5. The van der Waals surface area contributed by atoms with Crippen LogP contribution in [0.3, 0.4) is 0 Å². The second-order valence-electron chi connectivity index (χ2n) is 8.13. The Kier molecular flexibility index (Phi) is 6.17. The fraction of sp³-hybridized carbons (Fsp3) is 0.0323. The number of rotatable bonds is 6. The van der Waals surface area contributed by atoms with Crippen molar-refractivity contribution in [3.05, 3.63) is 145 Å². The molecule has 5 aromatic rings. The highest BCUT2D eigenvalue weighted by Crippen LogP contribution is 2.54. The van der Waals surface area contributed by atoms with Crippen molar-refractivity contribution in [1.29, 1.82) is 0 Å². The maximum atomic E-state index is 5.78. The smallest absolute Gasteiger partial charge is 0.144 e. The van der Waals surface area contributed by atoms with Crippen LogP contribution in [-0.2, 0) is 6.54 Å². The van der Waals surface area contributed by atoms with Gasteiger partial charge in [0.05, 0.1) is 0 Å². The molecule has 0 bridgehead atoms. The zero-order chi connectivity index (χ0) is 22.5. The van der Waals surface area contributed by atoms with Gasteiger partial charge >= 0.3 is 0 Å². The van der Waals surface area contributed by atoms with Crippen LogP contribution in [0.1, 0.15) is 5.56 Å². The quantitative estimate of drug-likeness (QED) is 0.347. The van der Waals surface area contributed by atoms with Crippen LogP contribution in [0.15, 0.2) is 140 Å². The van der Waals surface area contributed by atoms with Crippen LogP contribution in [0.4, 0.5) is 0 Å². The molecule has 0 aromatic heterocycles. The topological polar surface area (TPSA) is 26.0 Å². The molecule has 0 heterocycles. The lowest BCUT2D eigenvalue weighted by molar-refractivity contribution is 1.07. The molecule has 5 rings (SSSR count). The van der Waals surface area contributed by atoms with E-state index in [0.29, 0.717) is 6.54 Å². The van der Waals surface area contributed by atoms with Crippen molar-refractivity contribution in [2.45, 2.75) is 6.54 Å². The Morgan fingerprint density at radius 2 is 0.727 bits per heavy atom. The van der Waals surface area contributed by atoms with Crippen LogP contribution in [0.25, 0.3) is 11.1 Å². The minimum Gasteiger partial charge on any atom is -0.326 e. The summed E-state index contributed by atoms with van der Waals surface area (Å²) in [4.78, 5) is 0. The first-order chi connectivity index (χ1) is 16.3. The average molecular weight is 445 g/mol. The van der Waals surface area contributed by atoms with Gasteiger partial charge in [-0.15, -0.1) is 0 Å². The molecule has 0 radical (unpaired) electrons. The molecule has 0 fully saturated rings. The van der Waals surface area contributed by atoms with E-state index in [1.807, 2.05) is 0 Å². The van der Waals surface area contributed by atoms with Gasteiger partial charge in [0.15, 0.2) is 0 Å². The molecule has 33 heavy (non-hydrogen) atoms. The second-order valence-corrected chi connectivity index (χ2v) is 11.5. The first kappa shape index (κ1) is 21.3. The van der Waals surface area contributed by atoms with E-state index < -0.39 is 7.26 Å². The fourth-order valence-corrected chi connectivity index (χ4v) is 8.80. The van der Waals surface area contributed by atoms with E-state index in [4.69, 9.17) is 5.73 Å². The highest BCUT2D eigenvalue weighted by atomic mass is 31.2. The summed E-state index contributed by atoms with van der Waals surface area (Å²) in [6.45, 7) is 0.567. The lowest BCUT2D eigenvalue weighted by Crippen LogP contribution is -2.38. The van der Waals surface area contributed by atoms with E-state index in [2.05, 4.69) is 140 Å². The number of nitrogens with two attached hydrogens (primary N) is 1. The molecule has 5 aromatic carbocycles. The maximum absolute atomic E-state index is 5.78. The van der Waals surface area contributed by atoms with Gasteiger partial charge < -0.3 is 5.73 Å². The molecular formula is C31H27NP+. The minimum absolute atomic E-state index is 0.567. The van der Waals surface area contributed by atoms with Crippen LogP contribution >= 0.6 is 7.26 Å². The van der Waals surface area contributed by atoms with Crippen molar-refractivity contribution in [1.82, 2.24) is 0 Å². The van der Waals surface area contributed by atoms with Crippen LogP contribution < -0.4 is 27.0 Å². The summed E-state index contributed by atoms with van der Waals surface area (Å²) in [5, 5.41) is 5.45. The molecule has 2 N–H and O–H groups in total. The molecule has 1 nitrogen and oxygen atoms in total. The summed E-state index contributed by atoms with van der Waals surface area (Å²) in [6.07, 6.45) is 0. The molecule has 0 saturated heterocycles. The number of hydrogen-bond donors (Lipinski definition) is 1. The highest BCUT2D eigenvalue weighted by molar-refractivity contribution is 8.01. The van der Waals surface area contributed by atoms with Gasteiger partial charge in [0.25, 0.3) is 0 Å². The minimum atomic E-state index is -2.05. The van der Waals surface area contributed by atoms with E-state index in [-0.39, 0.29) is 0 Å². The summed E-state index contributed by atoms with van der Waals surface area (Å²) < 4.78 is 0. The Balaban J connectivity index is 1.72. The standard InChI is InChI=1S/C31H27NP/c32-24-25-16-18-26(19-17-25)27-20-22-31(23-21-27)33(28-10-4-1-5-11-28,29-12-6-2-7-13-29)30-14-8-3-9-15-30/h1-23H,24,32H2/q+1. The largest absolute Gasteiger partial charge is 0.326 e. The van der Waals surface area contributed by atoms with Crippen molar-refractivity contribution in [2.75, 3.05) is 0 Å². The van der Waals surface area contributed by atoms with Crippen molar-refractivity contribution in [3.63, 3.8) is 0 Å². The third-order valence-electron chi connectivity index (χ3n) is 6.21. The Bertz CT molecular complexity index is 1200. The predicted molar refractivity (Wildman–Crippen MR) is 145 cm³/mol. The van der Waals surface area contributed by atoms with E-state index in [1.54, 1.807) is 0 Å². The summed E-state index contributed by atoms with van der Waals surface area (Å²) >= 11 is 0. The highest BCUT2D eigenvalue weighted by Gasteiger charge is 2.47. The molecule has 160 valence electrons. The van der Waals surface area contributed by atoms with Gasteiger partial charge in [0.2, 0.25) is 0 Å². The zero-order valence-electron chi connectivity index (χ0n) is 18.5. The number of hydrogen-bond acceptors (Lipinski definition) is 1. The Hall–Kier alpha value is -3.51. The third kappa shape index (κ3) is 4.02. The second kappa shape index (κ2) is 9.55. The lowest BCUT2D eigenvalue weighted by atomic mass is 10.0. The molecule has 0 unspecified atom stereocenters. The van der Waals surface area contributed by atoms with Crippen molar-refractivity contribution < 1.29 is 0 Å². The lowest BCUT2D eigenvalue weighted by Gasteiger charge is -2.27. The zero-order valence-corrected chi connectivity index (χ0v) is 19.4. The van der Waals surface area contributed by atoms with Gasteiger partial charge in [-0.05, 0) is 65.2 Å². The first-order valence-electron chi connectivity index (χ1n) is 11.3. The van der Waals surface area contributed by atoms with E-state index in [9.17, 15) is 0 Å². The molecular weight excluding hydrogens is 417 g/mol. The summed E-state index contributed by atoms with van der Waals surface area (Å²) in [6, 6.07) is 50.7. The molecule has 0 aliphatic heterocycles. The molecule has 0 saturated carbocycles. The van der Waals surface area contributed by atoms with E-state index in [1.165, 1.54) is 32.3 Å². The third-order valence-corrected chi connectivity index (χ3v) is 10.5. The normalized spacial score (nSPS) is 11.3. The Morgan fingerprint density at radius 1 is 0.394 bits per heavy atom. The van der Waals surface area contributed by atoms with E-state index >= 15 is 0 Å². The van der Waals surface area contributed by atoms with Crippen LogP contribution in [0, 0.1) is 0 Å². The van der Waals surface area contributed by atoms with Crippen molar-refractivity contribution >= 4 is 28.5 Å². The van der Waals surface area contributed by atoms with Crippen molar-refractivity contribution in [3.8, 4) is 11.1 Å². The van der Waals surface area contributed by atoms with Gasteiger partial charge in [-0.25, -0.2) is 0 Å². The molecule has 0 amide bonds. The monoisotopic (exact) mass is 444 g/mol. The van der Waals surface area contributed by atoms with Gasteiger partial charge in [-0.2, -0.15) is 0 Å². The summed E-state index contributed by atoms with van der Waals surface area (Å²) in [5.41, 5.74) is 9.35. The van der Waals surface area contributed by atoms with E-state index in [0.717, 1.165) is 5.56 Å². The van der Waals surface area contributed by atoms with Gasteiger partial charge in [-0.1, -0.05) is 91.0 Å². The molecule has 0 aliphatic carbocycles. The summed E-state index contributed by atoms with van der Waals surface area (Å²) in [5.74, 6) is 0. The van der Waals surface area contributed by atoms with Gasteiger partial charge in [0.1, 0.15) is 28.5 Å². The summed E-state index contributed by atoms with van der Waals surface area (Å²) in [7, 11) is -2.05. The average Bonchev–Trinajstić information content (AvgIpc) is 2.91. The maximum Gasteiger partial charge on any atom is 0.144 e. The molecule has 0 atom stereocenters. The van der Waals surface area contributed by atoms with Crippen LogP contribution in [-0.4, -0.2) is 0 Å². The van der Waals surface area contributed by atoms with Crippen LogP contribution in [0.2, 0.25) is 0 Å². The molecule has 2 heteroatoms. The fourth-order valence-electron chi connectivity index (χ4n) is 4.56. The molecule has 0 aliphatic rings. The van der Waals surface area contributed by atoms with Gasteiger partial charge in [-0.3, -0.25) is 0 Å². The van der Waals surface area contributed by atoms with Gasteiger partial charge in [0, 0.05) is 6.54 Å².